The van der Waals surface area contributed by atoms with Crippen LogP contribution in [0.1, 0.15) is 12.8 Å². The summed E-state index contributed by atoms with van der Waals surface area (Å²) in [7, 11) is -0.233. The Hall–Kier alpha value is -2.78. The van der Waals surface area contributed by atoms with Crippen molar-refractivity contribution < 1.29 is 27.4 Å². The van der Waals surface area contributed by atoms with E-state index in [1.165, 1.54) is 0 Å². The summed E-state index contributed by atoms with van der Waals surface area (Å²) < 4.78 is 41.8. The minimum absolute atomic E-state index is 0.251. The van der Waals surface area contributed by atoms with Crippen molar-refractivity contribution in [3.05, 3.63) is 48.5 Å². The van der Waals surface area contributed by atoms with E-state index >= 15 is 0 Å². The van der Waals surface area contributed by atoms with Crippen LogP contribution in [0.2, 0.25) is 0 Å². The summed E-state index contributed by atoms with van der Waals surface area (Å²) in [6, 6.07) is 13.8. The van der Waals surface area contributed by atoms with Crippen LogP contribution in [0.5, 0.6) is 11.5 Å². The molecule has 0 bridgehead atoms. The second kappa shape index (κ2) is 9.38. The van der Waals surface area contributed by atoms with Crippen LogP contribution in [0, 0.1) is 0 Å². The van der Waals surface area contributed by atoms with Crippen molar-refractivity contribution in [2.75, 3.05) is 45.3 Å². The van der Waals surface area contributed by atoms with Gasteiger partial charge in [-0.2, -0.15) is 0 Å². The second-order valence-corrected chi connectivity index (χ2v) is 10.3. The van der Waals surface area contributed by atoms with Gasteiger partial charge in [0.25, 0.3) is 0 Å². The largest absolute Gasteiger partial charge is 0.497 e. The molecule has 0 aromatic heterocycles. The Morgan fingerprint density at radius 3 is 2.06 bits per heavy atom. The van der Waals surface area contributed by atoms with Crippen LogP contribution in [0.15, 0.2) is 53.4 Å². The number of hydrogen-bond donors (Lipinski definition) is 0. The molecule has 2 heterocycles. The first-order valence-electron chi connectivity index (χ1n) is 10.6. The zero-order chi connectivity index (χ0) is 22.7. The van der Waals surface area contributed by atoms with E-state index in [0.717, 1.165) is 11.4 Å². The third kappa shape index (κ3) is 4.68. The molecule has 0 aliphatic carbocycles. The number of likely N-dealkylation sites (tertiary alicyclic amines) is 1. The summed E-state index contributed by atoms with van der Waals surface area (Å²) >= 11 is 0. The van der Waals surface area contributed by atoms with E-state index in [1.807, 2.05) is 24.3 Å². The van der Waals surface area contributed by atoms with E-state index in [0.29, 0.717) is 49.7 Å². The Balaban J connectivity index is 1.31. The average Bonchev–Trinajstić information content (AvgIpc) is 3.19. The Labute approximate surface area is 188 Å². The number of anilines is 1. The van der Waals surface area contributed by atoms with E-state index < -0.39 is 15.1 Å². The van der Waals surface area contributed by atoms with Crippen molar-refractivity contribution in [1.82, 2.24) is 4.90 Å². The number of hydrogen-bond acceptors (Lipinski definition) is 7. The molecule has 8 nitrogen and oxygen atoms in total. The Morgan fingerprint density at radius 1 is 0.938 bits per heavy atom. The van der Waals surface area contributed by atoms with Crippen LogP contribution >= 0.6 is 0 Å². The molecule has 0 N–H and O–H groups in total. The van der Waals surface area contributed by atoms with Gasteiger partial charge in [-0.3, -0.25) is 9.80 Å². The molecular weight excluding hydrogens is 432 g/mol. The molecule has 2 fully saturated rings. The van der Waals surface area contributed by atoms with Crippen LogP contribution in [0.3, 0.4) is 0 Å². The number of rotatable bonds is 7. The van der Waals surface area contributed by atoms with E-state index in [1.54, 1.807) is 43.4 Å². The Kier molecular flexibility index (Phi) is 6.57. The minimum Gasteiger partial charge on any atom is -0.497 e. The average molecular weight is 461 g/mol. The number of benzene rings is 2. The van der Waals surface area contributed by atoms with E-state index in [4.69, 9.17) is 14.2 Å². The molecule has 0 spiro atoms. The SMILES string of the molecule is COc1ccc(N2CC(CN3CCC(S(=O)(=O)c4ccc(OC)cc4)CC3)OC2=O)cc1. The summed E-state index contributed by atoms with van der Waals surface area (Å²) in [5.41, 5.74) is 0.766. The predicted molar refractivity (Wildman–Crippen MR) is 120 cm³/mol. The fourth-order valence-electron chi connectivity index (χ4n) is 4.24. The molecule has 0 saturated carbocycles. The van der Waals surface area contributed by atoms with Crippen molar-refractivity contribution >= 4 is 21.6 Å². The lowest BCUT2D eigenvalue weighted by Crippen LogP contribution is -2.43. The predicted octanol–water partition coefficient (Wildman–Crippen LogP) is 2.97. The molecule has 0 radical (unpaired) electrons. The van der Waals surface area contributed by atoms with Crippen molar-refractivity contribution in [3.63, 3.8) is 0 Å². The fourth-order valence-corrected chi connectivity index (χ4v) is 5.97. The molecule has 2 aromatic carbocycles. The van der Waals surface area contributed by atoms with E-state index in [9.17, 15) is 13.2 Å². The summed E-state index contributed by atoms with van der Waals surface area (Å²) in [6.45, 7) is 2.36. The molecule has 172 valence electrons. The summed E-state index contributed by atoms with van der Waals surface area (Å²) in [4.78, 5) is 16.5. The number of piperidine rings is 1. The third-order valence-electron chi connectivity index (χ3n) is 6.08. The van der Waals surface area contributed by atoms with Gasteiger partial charge >= 0.3 is 6.09 Å². The molecule has 2 aromatic rings. The quantitative estimate of drug-likeness (QED) is 0.628. The first kappa shape index (κ1) is 22.4. The van der Waals surface area contributed by atoms with Crippen LogP contribution in [0.25, 0.3) is 0 Å². The van der Waals surface area contributed by atoms with Crippen LogP contribution in [0.4, 0.5) is 10.5 Å². The molecule has 1 unspecified atom stereocenters. The third-order valence-corrected chi connectivity index (χ3v) is 8.36. The van der Waals surface area contributed by atoms with Gasteiger partial charge < -0.3 is 14.2 Å². The maximum absolute atomic E-state index is 13.0. The van der Waals surface area contributed by atoms with Gasteiger partial charge in [0.15, 0.2) is 9.84 Å². The second-order valence-electron chi connectivity index (χ2n) is 8.03. The monoisotopic (exact) mass is 460 g/mol. The van der Waals surface area contributed by atoms with Gasteiger partial charge in [0.2, 0.25) is 0 Å². The van der Waals surface area contributed by atoms with Gasteiger partial charge in [0.05, 0.1) is 30.9 Å². The van der Waals surface area contributed by atoms with Gasteiger partial charge in [-0.25, -0.2) is 13.2 Å². The van der Waals surface area contributed by atoms with Gasteiger partial charge in [-0.05, 0) is 74.5 Å². The number of amides is 1. The lowest BCUT2D eigenvalue weighted by molar-refractivity contribution is 0.101. The molecule has 1 amide bonds. The highest BCUT2D eigenvalue weighted by atomic mass is 32.2. The van der Waals surface area contributed by atoms with Crippen LogP contribution in [-0.4, -0.2) is 71.2 Å². The molecule has 2 aliphatic heterocycles. The highest BCUT2D eigenvalue weighted by Crippen LogP contribution is 2.28. The lowest BCUT2D eigenvalue weighted by atomic mass is 10.1. The van der Waals surface area contributed by atoms with Gasteiger partial charge in [-0.1, -0.05) is 0 Å². The lowest BCUT2D eigenvalue weighted by Gasteiger charge is -2.32. The Bertz CT molecular complexity index is 1030. The first-order valence-corrected chi connectivity index (χ1v) is 12.2. The molecule has 1 atom stereocenters. The van der Waals surface area contributed by atoms with Gasteiger partial charge in [0.1, 0.15) is 17.6 Å². The first-order chi connectivity index (χ1) is 15.4. The van der Waals surface area contributed by atoms with Crippen LogP contribution < -0.4 is 14.4 Å². The van der Waals surface area contributed by atoms with Crippen LogP contribution in [-0.2, 0) is 14.6 Å². The number of carbonyl (C=O) groups is 1. The summed E-state index contributed by atoms with van der Waals surface area (Å²) in [5, 5.41) is -0.408. The zero-order valence-electron chi connectivity index (χ0n) is 18.3. The number of cyclic esters (lactones) is 1. The summed E-state index contributed by atoms with van der Waals surface area (Å²) in [6.07, 6.45) is 0.491. The zero-order valence-corrected chi connectivity index (χ0v) is 19.1. The van der Waals surface area contributed by atoms with Gasteiger partial charge in [-0.15, -0.1) is 0 Å². The molecule has 2 aliphatic rings. The number of methoxy groups -OCH3 is 2. The topological polar surface area (TPSA) is 85.4 Å². The number of carbonyl (C=O) groups excluding carboxylic acids is 1. The van der Waals surface area contributed by atoms with Crippen molar-refractivity contribution in [3.8, 4) is 11.5 Å². The van der Waals surface area contributed by atoms with Crippen molar-refractivity contribution in [1.29, 1.82) is 0 Å². The number of sulfone groups is 1. The maximum Gasteiger partial charge on any atom is 0.414 e. The summed E-state index contributed by atoms with van der Waals surface area (Å²) in [5.74, 6) is 1.36. The number of ether oxygens (including phenoxy) is 3. The van der Waals surface area contributed by atoms with E-state index in [-0.39, 0.29) is 12.2 Å². The molecular formula is C23H28N2O6S. The number of nitrogens with zero attached hydrogens (tertiary/aromatic N) is 2. The molecule has 9 heteroatoms. The van der Waals surface area contributed by atoms with Gasteiger partial charge in [0, 0.05) is 12.2 Å². The highest BCUT2D eigenvalue weighted by Gasteiger charge is 2.36. The van der Waals surface area contributed by atoms with E-state index in [2.05, 4.69) is 4.90 Å². The maximum atomic E-state index is 13.0. The van der Waals surface area contributed by atoms with Crippen molar-refractivity contribution in [2.45, 2.75) is 29.1 Å². The Morgan fingerprint density at radius 2 is 1.50 bits per heavy atom. The highest BCUT2D eigenvalue weighted by molar-refractivity contribution is 7.92. The molecule has 32 heavy (non-hydrogen) atoms. The minimum atomic E-state index is -3.38. The normalized spacial score (nSPS) is 20.2. The molecule has 2 saturated heterocycles. The fraction of sp³-hybridized carbons (Fsp3) is 0.435. The smallest absolute Gasteiger partial charge is 0.414 e. The van der Waals surface area contributed by atoms with Crippen molar-refractivity contribution in [2.24, 2.45) is 0 Å². The standard InChI is InChI=1S/C23H28N2O6S/c1-29-18-5-3-17(4-6-18)25-16-20(31-23(25)26)15-24-13-11-22(12-14-24)32(27,28)21-9-7-19(30-2)8-10-21/h3-10,20,22H,11-16H2,1-2H3. The molecule has 4 rings (SSSR count).